The summed E-state index contributed by atoms with van der Waals surface area (Å²) in [5.74, 6) is -8.75. The smallest absolute Gasteiger partial charge is 0.444 e. The van der Waals surface area contributed by atoms with Gasteiger partial charge >= 0.3 is 18.2 Å². The SMILES string of the molecule is CC(C)(C)OC(=O)NC[C@H]1CC[C@H](C(=O)N(C(=O)[C@@H](N)Cc2cccc(Br)c2)c2ccc3nc(C(F)(F)C(F)(F)F)[nH]c3c2)CC1. The van der Waals surface area contributed by atoms with E-state index in [1.54, 1.807) is 45.0 Å². The van der Waals surface area contributed by atoms with Crippen LogP contribution in [0.3, 0.4) is 0 Å². The number of hydrogen-bond donors (Lipinski definition) is 3. The zero-order valence-corrected chi connectivity index (χ0v) is 27.0. The van der Waals surface area contributed by atoms with Crippen molar-refractivity contribution in [1.29, 1.82) is 0 Å². The third-order valence-corrected chi connectivity index (χ3v) is 8.10. The topological polar surface area (TPSA) is 130 Å². The van der Waals surface area contributed by atoms with Gasteiger partial charge in [0.2, 0.25) is 5.91 Å². The Labute approximate surface area is 270 Å². The number of aromatic nitrogens is 2. The van der Waals surface area contributed by atoms with E-state index in [0.717, 1.165) is 21.5 Å². The van der Waals surface area contributed by atoms with Crippen molar-refractivity contribution in [2.24, 2.45) is 17.6 Å². The first-order valence-corrected chi connectivity index (χ1v) is 15.4. The van der Waals surface area contributed by atoms with Crippen molar-refractivity contribution >= 4 is 50.6 Å². The number of benzene rings is 2. The van der Waals surface area contributed by atoms with Gasteiger partial charge in [0.15, 0.2) is 5.82 Å². The largest absolute Gasteiger partial charge is 0.461 e. The molecule has 0 unspecified atom stereocenters. The lowest BCUT2D eigenvalue weighted by atomic mass is 9.81. The standard InChI is InChI=1S/C31H35BrF5N5O4/c1-29(2,3)46-28(45)39-16-17-7-9-19(10-8-17)25(43)42(26(44)22(38)14-18-5-4-6-20(32)13-18)21-11-12-23-24(15-21)41-27(40-23)30(33,34)31(35,36)37/h4-6,11-13,15,17,19,22H,7-10,14,16,38H2,1-3H3,(H,39,45)(H,40,41)/t17-,19-,22-/m0/s1. The highest BCUT2D eigenvalue weighted by Gasteiger charge is 2.61. The van der Waals surface area contributed by atoms with Crippen molar-refractivity contribution in [2.75, 3.05) is 11.4 Å². The van der Waals surface area contributed by atoms with Crippen LogP contribution in [0.5, 0.6) is 0 Å². The van der Waals surface area contributed by atoms with Gasteiger partial charge in [-0.05, 0) is 94.7 Å². The summed E-state index contributed by atoms with van der Waals surface area (Å²) in [4.78, 5) is 46.1. The van der Waals surface area contributed by atoms with E-state index in [2.05, 4.69) is 26.2 Å². The van der Waals surface area contributed by atoms with Crippen molar-refractivity contribution in [3.05, 3.63) is 58.3 Å². The first-order valence-electron chi connectivity index (χ1n) is 14.6. The highest BCUT2D eigenvalue weighted by molar-refractivity contribution is 9.10. The van der Waals surface area contributed by atoms with Gasteiger partial charge in [-0.1, -0.05) is 28.1 Å². The number of H-pyrrole nitrogens is 1. The van der Waals surface area contributed by atoms with Crippen molar-refractivity contribution in [3.8, 4) is 0 Å². The number of imide groups is 1. The molecule has 1 aliphatic carbocycles. The Kier molecular flexibility index (Phi) is 10.5. The van der Waals surface area contributed by atoms with E-state index in [4.69, 9.17) is 10.5 Å². The van der Waals surface area contributed by atoms with E-state index in [1.807, 2.05) is 4.98 Å². The third kappa shape index (κ3) is 8.41. The lowest BCUT2D eigenvalue weighted by Crippen LogP contribution is -2.50. The highest BCUT2D eigenvalue weighted by atomic mass is 79.9. The molecule has 15 heteroatoms. The van der Waals surface area contributed by atoms with Gasteiger partial charge in [-0.15, -0.1) is 0 Å². The molecule has 4 N–H and O–H groups in total. The fourth-order valence-corrected chi connectivity index (χ4v) is 5.74. The van der Waals surface area contributed by atoms with E-state index >= 15 is 0 Å². The molecule has 0 radical (unpaired) electrons. The summed E-state index contributed by atoms with van der Waals surface area (Å²) >= 11 is 3.36. The van der Waals surface area contributed by atoms with Crippen LogP contribution in [0.1, 0.15) is 57.8 Å². The van der Waals surface area contributed by atoms with Gasteiger partial charge in [-0.3, -0.25) is 9.59 Å². The van der Waals surface area contributed by atoms with E-state index in [9.17, 15) is 36.3 Å². The second-order valence-electron chi connectivity index (χ2n) is 12.4. The number of nitrogens with zero attached hydrogens (tertiary/aromatic N) is 2. The number of carbonyl (C=O) groups is 3. The van der Waals surface area contributed by atoms with Crippen LogP contribution in [-0.2, 0) is 26.7 Å². The van der Waals surface area contributed by atoms with E-state index in [1.165, 1.54) is 6.07 Å². The number of nitrogens with one attached hydrogen (secondary N) is 2. The van der Waals surface area contributed by atoms with Crippen LogP contribution in [0.2, 0.25) is 0 Å². The van der Waals surface area contributed by atoms with Gasteiger partial charge in [0.25, 0.3) is 5.91 Å². The average molecular weight is 717 g/mol. The van der Waals surface area contributed by atoms with E-state index < -0.39 is 53.4 Å². The maximum atomic E-state index is 14.0. The molecule has 1 aromatic heterocycles. The van der Waals surface area contributed by atoms with Gasteiger partial charge in [-0.25, -0.2) is 14.7 Å². The Morgan fingerprint density at radius 1 is 1.07 bits per heavy atom. The molecule has 0 aliphatic heterocycles. The van der Waals surface area contributed by atoms with E-state index in [-0.39, 0.29) is 29.1 Å². The molecule has 4 rings (SSSR count). The molecule has 0 saturated heterocycles. The minimum absolute atomic E-state index is 0.0496. The van der Waals surface area contributed by atoms with Crippen molar-refractivity contribution in [1.82, 2.24) is 15.3 Å². The fraction of sp³-hybridized carbons (Fsp3) is 0.484. The summed E-state index contributed by atoms with van der Waals surface area (Å²) in [5, 5.41) is 2.74. The summed E-state index contributed by atoms with van der Waals surface area (Å²) in [6.07, 6.45) is -4.47. The summed E-state index contributed by atoms with van der Waals surface area (Å²) < 4.78 is 73.0. The van der Waals surface area contributed by atoms with Crippen LogP contribution in [0, 0.1) is 11.8 Å². The first-order chi connectivity index (χ1) is 21.4. The molecule has 1 atom stereocenters. The van der Waals surface area contributed by atoms with Crippen LogP contribution < -0.4 is 16.0 Å². The molecule has 1 saturated carbocycles. The number of nitrogens with two attached hydrogens (primary N) is 1. The number of alkyl halides is 5. The van der Waals surface area contributed by atoms with Crippen LogP contribution in [0.4, 0.5) is 32.4 Å². The van der Waals surface area contributed by atoms with Gasteiger partial charge in [0, 0.05) is 16.9 Å². The van der Waals surface area contributed by atoms with Crippen LogP contribution in [-0.4, -0.2) is 52.2 Å². The highest BCUT2D eigenvalue weighted by Crippen LogP contribution is 2.43. The molecular weight excluding hydrogens is 681 g/mol. The number of ether oxygens (including phenoxy) is 1. The maximum Gasteiger partial charge on any atom is 0.461 e. The maximum absolute atomic E-state index is 14.0. The summed E-state index contributed by atoms with van der Waals surface area (Å²) in [7, 11) is 0. The van der Waals surface area contributed by atoms with Gasteiger partial charge in [0.05, 0.1) is 22.8 Å². The van der Waals surface area contributed by atoms with Gasteiger partial charge < -0.3 is 20.8 Å². The number of amides is 3. The van der Waals surface area contributed by atoms with Crippen LogP contribution >= 0.6 is 15.9 Å². The fourth-order valence-electron chi connectivity index (χ4n) is 5.29. The third-order valence-electron chi connectivity index (χ3n) is 7.61. The van der Waals surface area contributed by atoms with Crippen LogP contribution in [0.15, 0.2) is 46.9 Å². The molecule has 3 amide bonds. The minimum atomic E-state index is -5.89. The molecule has 0 spiro atoms. The number of fused-ring (bicyclic) bond motifs is 1. The molecule has 0 bridgehead atoms. The second-order valence-corrected chi connectivity index (χ2v) is 13.3. The van der Waals surface area contributed by atoms with Crippen LogP contribution in [0.25, 0.3) is 11.0 Å². The molecular formula is C31H35BrF5N5O4. The molecule has 250 valence electrons. The number of alkyl carbamates (subject to hydrolysis) is 1. The number of carbonyl (C=O) groups excluding carboxylic acids is 3. The molecule has 1 fully saturated rings. The minimum Gasteiger partial charge on any atom is -0.444 e. The van der Waals surface area contributed by atoms with Gasteiger partial charge in [0.1, 0.15) is 5.60 Å². The molecule has 3 aromatic rings. The molecule has 1 heterocycles. The van der Waals surface area contributed by atoms with Crippen molar-refractivity contribution in [3.63, 3.8) is 0 Å². The number of rotatable bonds is 8. The van der Waals surface area contributed by atoms with Crippen molar-refractivity contribution in [2.45, 2.75) is 76.6 Å². The number of anilines is 1. The Hall–Kier alpha value is -3.59. The molecule has 9 nitrogen and oxygen atoms in total. The average Bonchev–Trinajstić information content (AvgIpc) is 3.39. The number of aromatic amines is 1. The number of halogens is 6. The predicted octanol–water partition coefficient (Wildman–Crippen LogP) is 6.74. The Bertz CT molecular complexity index is 1580. The Morgan fingerprint density at radius 3 is 2.35 bits per heavy atom. The normalized spacial score (nSPS) is 18.2. The number of hydrogen-bond acceptors (Lipinski definition) is 6. The quantitative estimate of drug-likeness (QED) is 0.222. The molecule has 1 aliphatic rings. The zero-order chi connectivity index (χ0) is 34.0. The summed E-state index contributed by atoms with van der Waals surface area (Å²) in [6, 6.07) is 9.45. The zero-order valence-electron chi connectivity index (χ0n) is 25.4. The van der Waals surface area contributed by atoms with E-state index in [0.29, 0.717) is 37.8 Å². The Balaban J connectivity index is 1.57. The second kappa shape index (κ2) is 13.6. The monoisotopic (exact) mass is 715 g/mol. The predicted molar refractivity (Wildman–Crippen MR) is 164 cm³/mol. The lowest BCUT2D eigenvalue weighted by molar-refractivity contribution is -0.292. The lowest BCUT2D eigenvalue weighted by Gasteiger charge is -2.32. The summed E-state index contributed by atoms with van der Waals surface area (Å²) in [6.45, 7) is 5.60. The van der Waals surface area contributed by atoms with Gasteiger partial charge in [-0.2, -0.15) is 22.0 Å². The number of imidazole rings is 1. The first kappa shape index (κ1) is 35.3. The van der Waals surface area contributed by atoms with Crippen molar-refractivity contribution < 1.29 is 41.1 Å². The molecule has 2 aromatic carbocycles. The Morgan fingerprint density at radius 2 is 1.74 bits per heavy atom. The molecule has 46 heavy (non-hydrogen) atoms. The summed E-state index contributed by atoms with van der Waals surface area (Å²) in [5.41, 5.74) is 5.88.